The molecule has 4 rings (SSSR count). The predicted octanol–water partition coefficient (Wildman–Crippen LogP) is 6.07. The van der Waals surface area contributed by atoms with Gasteiger partial charge in [0, 0.05) is 16.1 Å². The summed E-state index contributed by atoms with van der Waals surface area (Å²) in [5.74, 6) is 1.93. The van der Waals surface area contributed by atoms with Gasteiger partial charge in [-0.25, -0.2) is 0 Å². The molecule has 35 heavy (non-hydrogen) atoms. The zero-order valence-electron chi connectivity index (χ0n) is 19.9. The molecule has 0 radical (unpaired) electrons. The van der Waals surface area contributed by atoms with Crippen LogP contribution >= 0.6 is 23.5 Å². The van der Waals surface area contributed by atoms with Crippen molar-refractivity contribution in [3.63, 3.8) is 0 Å². The number of furan rings is 1. The highest BCUT2D eigenvalue weighted by Crippen LogP contribution is 2.31. The molecule has 2 aromatic carbocycles. The number of aromatic nitrogens is 3. The Balaban J connectivity index is 1.55. The summed E-state index contributed by atoms with van der Waals surface area (Å²) < 4.78 is 7.57. The SMILES string of the molecule is Cc1ccc(SCc2nnc(SC(C)C(=O)Nc3oc(C)c(C)c3C#N)n2-c2ccccc2)cc1. The first-order valence-electron chi connectivity index (χ1n) is 11.0. The number of amides is 1. The van der Waals surface area contributed by atoms with Gasteiger partial charge in [-0.1, -0.05) is 47.7 Å². The molecular weight excluding hydrogens is 478 g/mol. The van der Waals surface area contributed by atoms with Gasteiger partial charge in [-0.2, -0.15) is 5.26 Å². The Bertz CT molecular complexity index is 1370. The zero-order chi connectivity index (χ0) is 24.9. The molecule has 1 unspecified atom stereocenters. The van der Waals surface area contributed by atoms with Crippen LogP contribution in [0.5, 0.6) is 0 Å². The number of rotatable bonds is 8. The number of carbonyl (C=O) groups is 1. The Morgan fingerprint density at radius 3 is 2.51 bits per heavy atom. The molecule has 2 aromatic heterocycles. The number of nitrogens with one attached hydrogen (secondary N) is 1. The molecule has 1 N–H and O–H groups in total. The van der Waals surface area contributed by atoms with Crippen LogP contribution in [0, 0.1) is 32.1 Å². The third kappa shape index (κ3) is 5.61. The maximum Gasteiger partial charge on any atom is 0.240 e. The first-order valence-corrected chi connectivity index (χ1v) is 12.9. The smallest absolute Gasteiger partial charge is 0.240 e. The molecule has 0 spiro atoms. The molecule has 7 nitrogen and oxygen atoms in total. The zero-order valence-corrected chi connectivity index (χ0v) is 21.5. The van der Waals surface area contributed by atoms with Crippen LogP contribution in [0.1, 0.15) is 35.2 Å². The molecule has 0 aliphatic carbocycles. The Hall–Kier alpha value is -3.48. The average molecular weight is 504 g/mol. The number of nitrogens with zero attached hydrogens (tertiary/aromatic N) is 4. The van der Waals surface area contributed by atoms with Crippen LogP contribution in [0.25, 0.3) is 5.69 Å². The fraction of sp³-hybridized carbons (Fsp3) is 0.231. The summed E-state index contributed by atoms with van der Waals surface area (Å²) in [6, 6.07) is 20.3. The van der Waals surface area contributed by atoms with Gasteiger partial charge in [0.25, 0.3) is 0 Å². The number of anilines is 1. The van der Waals surface area contributed by atoms with Gasteiger partial charge < -0.3 is 4.42 Å². The minimum atomic E-state index is -0.503. The van der Waals surface area contributed by atoms with E-state index in [4.69, 9.17) is 4.42 Å². The van der Waals surface area contributed by atoms with E-state index in [0.717, 1.165) is 22.0 Å². The maximum absolute atomic E-state index is 12.9. The first kappa shape index (κ1) is 24.6. The number of benzene rings is 2. The number of para-hydroxylation sites is 1. The number of hydrogen-bond donors (Lipinski definition) is 1. The van der Waals surface area contributed by atoms with E-state index in [9.17, 15) is 10.1 Å². The summed E-state index contributed by atoms with van der Waals surface area (Å²) in [5, 5.41) is 21.1. The molecule has 178 valence electrons. The van der Waals surface area contributed by atoms with Crippen molar-refractivity contribution in [2.45, 2.75) is 48.7 Å². The average Bonchev–Trinajstić information content (AvgIpc) is 3.38. The van der Waals surface area contributed by atoms with Crippen molar-refractivity contribution in [2.24, 2.45) is 0 Å². The molecule has 4 aromatic rings. The third-order valence-corrected chi connectivity index (χ3v) is 7.54. The third-order valence-electron chi connectivity index (χ3n) is 5.49. The summed E-state index contributed by atoms with van der Waals surface area (Å²) in [5.41, 5.74) is 3.21. The molecule has 0 saturated carbocycles. The number of nitriles is 1. The predicted molar refractivity (Wildman–Crippen MR) is 139 cm³/mol. The lowest BCUT2D eigenvalue weighted by Crippen LogP contribution is -2.23. The fourth-order valence-electron chi connectivity index (χ4n) is 3.36. The van der Waals surface area contributed by atoms with Crippen LogP contribution in [-0.4, -0.2) is 25.9 Å². The summed E-state index contributed by atoms with van der Waals surface area (Å²) in [6.45, 7) is 7.42. The van der Waals surface area contributed by atoms with Crippen LogP contribution in [0.4, 0.5) is 5.88 Å². The van der Waals surface area contributed by atoms with Gasteiger partial charge in [0.15, 0.2) is 5.16 Å². The van der Waals surface area contributed by atoms with Gasteiger partial charge in [0.1, 0.15) is 23.2 Å². The van der Waals surface area contributed by atoms with Crippen LogP contribution in [0.15, 0.2) is 69.1 Å². The quantitative estimate of drug-likeness (QED) is 0.292. The standard InChI is InChI=1S/C26H25N5O2S2/c1-16-10-12-21(13-11-16)34-15-23-29-30-26(31(23)20-8-6-5-7-9-20)35-19(4)24(32)28-25-22(14-27)17(2)18(3)33-25/h5-13,19H,15H2,1-4H3,(H,28,32). The first-order chi connectivity index (χ1) is 16.9. The van der Waals surface area contributed by atoms with Crippen molar-refractivity contribution in [3.05, 3.63) is 82.9 Å². The van der Waals surface area contributed by atoms with E-state index in [0.29, 0.717) is 22.2 Å². The van der Waals surface area contributed by atoms with E-state index in [1.54, 1.807) is 32.5 Å². The molecule has 2 heterocycles. The molecule has 1 atom stereocenters. The lowest BCUT2D eigenvalue weighted by Gasteiger charge is -2.13. The van der Waals surface area contributed by atoms with Crippen LogP contribution in [-0.2, 0) is 10.5 Å². The summed E-state index contributed by atoms with van der Waals surface area (Å²) in [6.07, 6.45) is 0. The maximum atomic E-state index is 12.9. The van der Waals surface area contributed by atoms with E-state index in [-0.39, 0.29) is 11.8 Å². The largest absolute Gasteiger partial charge is 0.444 e. The second-order valence-electron chi connectivity index (χ2n) is 8.02. The van der Waals surface area contributed by atoms with Crippen LogP contribution in [0.2, 0.25) is 0 Å². The molecule has 9 heteroatoms. The molecule has 0 aliphatic heterocycles. The lowest BCUT2D eigenvalue weighted by atomic mass is 10.2. The molecule has 0 fully saturated rings. The van der Waals surface area contributed by atoms with Crippen molar-refractivity contribution >= 4 is 35.3 Å². The van der Waals surface area contributed by atoms with Crippen molar-refractivity contribution < 1.29 is 9.21 Å². The van der Waals surface area contributed by atoms with Crippen LogP contribution in [0.3, 0.4) is 0 Å². The van der Waals surface area contributed by atoms with Crippen molar-refractivity contribution in [1.29, 1.82) is 5.26 Å². The highest BCUT2D eigenvalue weighted by atomic mass is 32.2. The number of carbonyl (C=O) groups excluding carboxylic acids is 1. The van der Waals surface area contributed by atoms with E-state index < -0.39 is 5.25 Å². The Morgan fingerprint density at radius 1 is 1.11 bits per heavy atom. The fourth-order valence-corrected chi connectivity index (χ4v) is 5.06. The van der Waals surface area contributed by atoms with Crippen LogP contribution < -0.4 is 5.32 Å². The number of hydrogen-bond acceptors (Lipinski definition) is 7. The lowest BCUT2D eigenvalue weighted by molar-refractivity contribution is -0.115. The van der Waals surface area contributed by atoms with E-state index >= 15 is 0 Å². The molecule has 0 aliphatic rings. The molecule has 0 saturated heterocycles. The Kier molecular flexibility index (Phi) is 7.63. The molecule has 1 amide bonds. The number of aryl methyl sites for hydroxylation is 2. The van der Waals surface area contributed by atoms with Gasteiger partial charge in [-0.15, -0.1) is 22.0 Å². The summed E-state index contributed by atoms with van der Waals surface area (Å²) >= 11 is 2.99. The summed E-state index contributed by atoms with van der Waals surface area (Å²) in [7, 11) is 0. The Labute approximate surface area is 212 Å². The second kappa shape index (κ2) is 10.8. The second-order valence-corrected chi connectivity index (χ2v) is 10.4. The highest BCUT2D eigenvalue weighted by Gasteiger charge is 2.24. The van der Waals surface area contributed by atoms with E-state index in [1.807, 2.05) is 34.9 Å². The van der Waals surface area contributed by atoms with Crippen molar-refractivity contribution in [1.82, 2.24) is 14.8 Å². The highest BCUT2D eigenvalue weighted by molar-refractivity contribution is 8.00. The van der Waals surface area contributed by atoms with Gasteiger partial charge >= 0.3 is 0 Å². The minimum Gasteiger partial charge on any atom is -0.444 e. The van der Waals surface area contributed by atoms with Gasteiger partial charge in [-0.3, -0.25) is 14.7 Å². The van der Waals surface area contributed by atoms with Crippen molar-refractivity contribution in [3.8, 4) is 11.8 Å². The van der Waals surface area contributed by atoms with Gasteiger partial charge in [0.05, 0.1) is 11.0 Å². The monoisotopic (exact) mass is 503 g/mol. The van der Waals surface area contributed by atoms with E-state index in [2.05, 4.69) is 52.8 Å². The summed E-state index contributed by atoms with van der Waals surface area (Å²) in [4.78, 5) is 14.1. The van der Waals surface area contributed by atoms with Gasteiger partial charge in [-0.05, 0) is 52.0 Å². The minimum absolute atomic E-state index is 0.180. The molecular formula is C26H25N5O2S2. The Morgan fingerprint density at radius 2 is 1.83 bits per heavy atom. The number of thioether (sulfide) groups is 2. The van der Waals surface area contributed by atoms with E-state index in [1.165, 1.54) is 17.3 Å². The van der Waals surface area contributed by atoms with Gasteiger partial charge in [0.2, 0.25) is 11.8 Å². The normalized spacial score (nSPS) is 11.7. The molecule has 0 bridgehead atoms. The topological polar surface area (TPSA) is 96.7 Å². The van der Waals surface area contributed by atoms with Crippen molar-refractivity contribution in [2.75, 3.05) is 5.32 Å².